The molecule has 0 radical (unpaired) electrons. The van der Waals surface area contributed by atoms with Gasteiger partial charge in [0.05, 0.1) is 6.61 Å². The number of hydrogen-bond donors (Lipinski definition) is 1. The molecule has 0 atom stereocenters. The second kappa shape index (κ2) is 11.6. The molecule has 1 N–H and O–H groups in total. The van der Waals surface area contributed by atoms with Crippen molar-refractivity contribution in [2.75, 3.05) is 32.8 Å². The Labute approximate surface area is 104 Å². The minimum absolute atomic E-state index is 0.148. The molecule has 100 valence electrons. The number of carbonyl (C=O) groups excluding carboxylic acids is 1. The molecule has 4 heteroatoms. The first-order valence-corrected chi connectivity index (χ1v) is 6.37. The Balaban J connectivity index is 3.71. The quantitative estimate of drug-likeness (QED) is 0.360. The first-order valence-electron chi connectivity index (χ1n) is 6.37. The normalized spacial score (nSPS) is 11.3. The van der Waals surface area contributed by atoms with Gasteiger partial charge in [0.25, 0.3) is 0 Å². The van der Waals surface area contributed by atoms with Gasteiger partial charge in [-0.25, -0.2) is 4.79 Å². The molecule has 0 heterocycles. The van der Waals surface area contributed by atoms with E-state index >= 15 is 0 Å². The molecule has 0 aromatic rings. The molecular formula is C13H25NO3. The number of hydrogen-bond acceptors (Lipinski definition) is 4. The van der Waals surface area contributed by atoms with Gasteiger partial charge in [-0.05, 0) is 19.9 Å². The van der Waals surface area contributed by atoms with Gasteiger partial charge in [0, 0.05) is 19.2 Å². The van der Waals surface area contributed by atoms with Crippen LogP contribution in [-0.4, -0.2) is 48.8 Å². The van der Waals surface area contributed by atoms with Crippen molar-refractivity contribution in [2.45, 2.75) is 33.1 Å². The van der Waals surface area contributed by atoms with Crippen molar-refractivity contribution in [2.24, 2.45) is 0 Å². The topological polar surface area (TPSA) is 49.8 Å². The summed E-state index contributed by atoms with van der Waals surface area (Å²) in [5, 5.41) is 8.93. The van der Waals surface area contributed by atoms with Crippen LogP contribution in [0.5, 0.6) is 0 Å². The van der Waals surface area contributed by atoms with Crippen LogP contribution < -0.4 is 0 Å². The number of aliphatic hydroxyl groups is 1. The number of aliphatic hydroxyl groups excluding tert-OH is 1. The van der Waals surface area contributed by atoms with Crippen molar-refractivity contribution < 1.29 is 14.6 Å². The smallest absolute Gasteiger partial charge is 0.330 e. The summed E-state index contributed by atoms with van der Waals surface area (Å²) >= 11 is 0. The summed E-state index contributed by atoms with van der Waals surface area (Å²) in [5.74, 6) is -0.301. The number of esters is 1. The van der Waals surface area contributed by atoms with Crippen molar-refractivity contribution in [1.82, 2.24) is 4.90 Å². The minimum atomic E-state index is -0.301. The number of rotatable bonds is 10. The summed E-state index contributed by atoms with van der Waals surface area (Å²) in [6, 6.07) is 0. The average molecular weight is 243 g/mol. The third-order valence-electron chi connectivity index (χ3n) is 2.45. The van der Waals surface area contributed by atoms with Crippen molar-refractivity contribution >= 4 is 5.97 Å². The van der Waals surface area contributed by atoms with E-state index in [4.69, 9.17) is 9.84 Å². The molecule has 0 amide bonds. The molecule has 0 aliphatic heterocycles. The third-order valence-corrected chi connectivity index (χ3v) is 2.45. The minimum Gasteiger partial charge on any atom is -0.461 e. The van der Waals surface area contributed by atoms with Gasteiger partial charge >= 0.3 is 5.97 Å². The first-order chi connectivity index (χ1) is 8.24. The van der Waals surface area contributed by atoms with Crippen molar-refractivity contribution in [3.8, 4) is 0 Å². The predicted molar refractivity (Wildman–Crippen MR) is 68.8 cm³/mol. The zero-order valence-electron chi connectivity index (χ0n) is 11.0. The second-order valence-electron chi connectivity index (χ2n) is 3.94. The molecule has 0 saturated carbocycles. The van der Waals surface area contributed by atoms with Crippen LogP contribution in [-0.2, 0) is 9.53 Å². The number of ether oxygens (including phenoxy) is 1. The summed E-state index contributed by atoms with van der Waals surface area (Å²) in [5.41, 5.74) is 0. The predicted octanol–water partition coefficient (Wildman–Crippen LogP) is 1.59. The zero-order valence-corrected chi connectivity index (χ0v) is 11.0. The number of unbranched alkanes of at least 4 members (excludes halogenated alkanes) is 2. The summed E-state index contributed by atoms with van der Waals surface area (Å²) < 4.78 is 5.02. The molecule has 17 heavy (non-hydrogen) atoms. The van der Waals surface area contributed by atoms with Crippen LogP contribution in [0.4, 0.5) is 0 Å². The van der Waals surface area contributed by atoms with E-state index in [-0.39, 0.29) is 12.6 Å². The lowest BCUT2D eigenvalue weighted by molar-refractivity contribution is -0.138. The van der Waals surface area contributed by atoms with Crippen LogP contribution in [0.15, 0.2) is 12.2 Å². The number of allylic oxidation sites excluding steroid dienone is 1. The largest absolute Gasteiger partial charge is 0.461 e. The van der Waals surface area contributed by atoms with E-state index in [9.17, 15) is 4.79 Å². The van der Waals surface area contributed by atoms with Crippen molar-refractivity contribution in [3.63, 3.8) is 0 Å². The van der Waals surface area contributed by atoms with Crippen LogP contribution in [0, 0.1) is 0 Å². The van der Waals surface area contributed by atoms with Crippen LogP contribution in [0.1, 0.15) is 33.1 Å². The lowest BCUT2D eigenvalue weighted by atomic mass is 10.2. The van der Waals surface area contributed by atoms with Gasteiger partial charge in [0.1, 0.15) is 6.61 Å². The Morgan fingerprint density at radius 2 is 2.06 bits per heavy atom. The molecule has 0 bridgehead atoms. The maximum Gasteiger partial charge on any atom is 0.330 e. The molecule has 0 aliphatic rings. The number of nitrogens with zero attached hydrogens (tertiary/aromatic N) is 1. The van der Waals surface area contributed by atoms with E-state index in [0.29, 0.717) is 19.7 Å². The highest BCUT2D eigenvalue weighted by atomic mass is 16.5. The lowest BCUT2D eigenvalue weighted by Crippen LogP contribution is -2.31. The molecule has 0 aromatic carbocycles. The van der Waals surface area contributed by atoms with Crippen molar-refractivity contribution in [3.05, 3.63) is 12.2 Å². The fraction of sp³-hybridized carbons (Fsp3) is 0.769. The molecule has 0 aromatic heterocycles. The van der Waals surface area contributed by atoms with Gasteiger partial charge in [-0.1, -0.05) is 25.8 Å². The van der Waals surface area contributed by atoms with Crippen LogP contribution in [0.3, 0.4) is 0 Å². The van der Waals surface area contributed by atoms with E-state index < -0.39 is 0 Å². The van der Waals surface area contributed by atoms with Gasteiger partial charge in [-0.15, -0.1) is 0 Å². The van der Waals surface area contributed by atoms with E-state index in [0.717, 1.165) is 13.0 Å². The monoisotopic (exact) mass is 243 g/mol. The maximum absolute atomic E-state index is 11.1. The highest BCUT2D eigenvalue weighted by Gasteiger charge is 2.05. The first kappa shape index (κ1) is 16.1. The SMILES string of the molecule is C/C=C/C(=O)OCCN(CCO)CCCCC. The Kier molecular flexibility index (Phi) is 11.0. The Bertz CT molecular complexity index is 217. The zero-order chi connectivity index (χ0) is 12.9. The molecule has 0 fully saturated rings. The van der Waals surface area contributed by atoms with Crippen LogP contribution in [0.25, 0.3) is 0 Å². The van der Waals surface area contributed by atoms with Crippen LogP contribution >= 0.6 is 0 Å². The van der Waals surface area contributed by atoms with Gasteiger partial charge in [-0.2, -0.15) is 0 Å². The molecule has 0 rings (SSSR count). The fourth-order valence-electron chi connectivity index (χ4n) is 1.52. The van der Waals surface area contributed by atoms with Gasteiger partial charge in [0.2, 0.25) is 0 Å². The van der Waals surface area contributed by atoms with Crippen molar-refractivity contribution in [1.29, 1.82) is 0 Å². The molecular weight excluding hydrogens is 218 g/mol. The standard InChI is InChI=1S/C13H25NO3/c1-3-5-6-8-14(9-11-15)10-12-17-13(16)7-4-2/h4,7,15H,3,5-6,8-12H2,1-2H3/b7-4+. The maximum atomic E-state index is 11.1. The van der Waals surface area contributed by atoms with E-state index in [1.165, 1.54) is 18.9 Å². The number of carbonyl (C=O) groups is 1. The van der Waals surface area contributed by atoms with E-state index in [1.54, 1.807) is 13.0 Å². The van der Waals surface area contributed by atoms with E-state index in [2.05, 4.69) is 11.8 Å². The highest BCUT2D eigenvalue weighted by Crippen LogP contribution is 1.98. The Morgan fingerprint density at radius 1 is 1.29 bits per heavy atom. The van der Waals surface area contributed by atoms with Gasteiger partial charge in [-0.3, -0.25) is 4.90 Å². The van der Waals surface area contributed by atoms with E-state index in [1.807, 2.05) is 0 Å². The molecule has 0 spiro atoms. The molecule has 0 saturated heterocycles. The van der Waals surface area contributed by atoms with Crippen LogP contribution in [0.2, 0.25) is 0 Å². The molecule has 0 aliphatic carbocycles. The Hall–Kier alpha value is -0.870. The summed E-state index contributed by atoms with van der Waals surface area (Å²) in [4.78, 5) is 13.2. The summed E-state index contributed by atoms with van der Waals surface area (Å²) in [7, 11) is 0. The average Bonchev–Trinajstić information content (AvgIpc) is 2.29. The second-order valence-corrected chi connectivity index (χ2v) is 3.94. The fourth-order valence-corrected chi connectivity index (χ4v) is 1.52. The third kappa shape index (κ3) is 10.0. The van der Waals surface area contributed by atoms with Gasteiger partial charge in [0.15, 0.2) is 0 Å². The molecule has 4 nitrogen and oxygen atoms in total. The highest BCUT2D eigenvalue weighted by molar-refractivity contribution is 5.81. The summed E-state index contributed by atoms with van der Waals surface area (Å²) in [6.45, 7) is 6.76. The van der Waals surface area contributed by atoms with Gasteiger partial charge < -0.3 is 9.84 Å². The summed E-state index contributed by atoms with van der Waals surface area (Å²) in [6.07, 6.45) is 6.57. The Morgan fingerprint density at radius 3 is 2.65 bits per heavy atom. The molecule has 0 unspecified atom stereocenters. The lowest BCUT2D eigenvalue weighted by Gasteiger charge is -2.20.